The fourth-order valence-electron chi connectivity index (χ4n) is 2.56. The van der Waals surface area contributed by atoms with E-state index in [2.05, 4.69) is 6.58 Å². The minimum Gasteiger partial charge on any atom is -0.481 e. The van der Waals surface area contributed by atoms with Crippen LogP contribution in [-0.2, 0) is 9.53 Å². The molecule has 0 unspecified atom stereocenters. The summed E-state index contributed by atoms with van der Waals surface area (Å²) < 4.78 is 16.1. The molecule has 1 aliphatic rings. The number of ketones is 1. The van der Waals surface area contributed by atoms with Crippen LogP contribution >= 0.6 is 0 Å². The summed E-state index contributed by atoms with van der Waals surface area (Å²) in [6.07, 6.45) is 3.19. The van der Waals surface area contributed by atoms with Crippen LogP contribution in [0.3, 0.4) is 0 Å². The highest BCUT2D eigenvalue weighted by Gasteiger charge is 2.30. The molecule has 1 aliphatic heterocycles. The minimum absolute atomic E-state index is 0.136. The maximum Gasteiger partial charge on any atom is 0.344 e. The molecule has 0 radical (unpaired) electrons. The number of ether oxygens (including phenoxy) is 3. The van der Waals surface area contributed by atoms with E-state index in [1.54, 1.807) is 25.1 Å². The molecule has 0 atom stereocenters. The maximum atomic E-state index is 12.5. The average Bonchev–Trinajstić information content (AvgIpc) is 2.97. The van der Waals surface area contributed by atoms with Crippen LogP contribution in [0.25, 0.3) is 6.08 Å². The lowest BCUT2D eigenvalue weighted by Gasteiger charge is -2.10. The molecule has 26 heavy (non-hydrogen) atoms. The molecule has 5 nitrogen and oxygen atoms in total. The van der Waals surface area contributed by atoms with E-state index in [0.29, 0.717) is 22.6 Å². The van der Waals surface area contributed by atoms with Crippen LogP contribution in [0.5, 0.6) is 11.5 Å². The summed E-state index contributed by atoms with van der Waals surface area (Å²) in [5, 5.41) is 0. The van der Waals surface area contributed by atoms with Gasteiger partial charge in [0.05, 0.1) is 5.56 Å². The molecule has 2 aromatic carbocycles. The predicted octanol–water partition coefficient (Wildman–Crippen LogP) is 3.72. The second kappa shape index (κ2) is 7.70. The van der Waals surface area contributed by atoms with E-state index in [1.165, 1.54) is 6.08 Å². The van der Waals surface area contributed by atoms with Gasteiger partial charge in [-0.15, -0.1) is 0 Å². The summed E-state index contributed by atoms with van der Waals surface area (Å²) in [6.45, 7) is 5.16. The van der Waals surface area contributed by atoms with Crippen molar-refractivity contribution in [3.05, 3.63) is 77.6 Å². The van der Waals surface area contributed by atoms with Crippen molar-refractivity contribution in [1.29, 1.82) is 0 Å². The highest BCUT2D eigenvalue weighted by Crippen LogP contribution is 2.39. The molecular weight excluding hydrogens is 332 g/mol. The normalized spacial score (nSPS) is 13.9. The van der Waals surface area contributed by atoms with Crippen molar-refractivity contribution in [3.63, 3.8) is 0 Å². The summed E-state index contributed by atoms with van der Waals surface area (Å²) in [7, 11) is 0. The van der Waals surface area contributed by atoms with Crippen LogP contribution in [0, 0.1) is 6.92 Å². The van der Waals surface area contributed by atoms with E-state index in [0.717, 1.165) is 5.56 Å². The lowest BCUT2D eigenvalue weighted by atomic mass is 10.1. The molecule has 0 saturated heterocycles. The van der Waals surface area contributed by atoms with Crippen LogP contribution in [0.2, 0.25) is 0 Å². The molecule has 0 saturated carbocycles. The Morgan fingerprint density at radius 1 is 1.19 bits per heavy atom. The van der Waals surface area contributed by atoms with E-state index in [1.807, 2.05) is 30.3 Å². The van der Waals surface area contributed by atoms with Gasteiger partial charge in [-0.1, -0.05) is 43.0 Å². The Kier molecular flexibility index (Phi) is 5.17. The van der Waals surface area contributed by atoms with Gasteiger partial charge >= 0.3 is 5.97 Å². The van der Waals surface area contributed by atoms with Gasteiger partial charge in [0, 0.05) is 5.56 Å². The first kappa shape index (κ1) is 17.5. The van der Waals surface area contributed by atoms with E-state index >= 15 is 0 Å². The Morgan fingerprint density at radius 3 is 2.69 bits per heavy atom. The minimum atomic E-state index is -0.494. The van der Waals surface area contributed by atoms with Gasteiger partial charge in [0.2, 0.25) is 5.78 Å². The van der Waals surface area contributed by atoms with Gasteiger partial charge < -0.3 is 14.2 Å². The second-order valence-corrected chi connectivity index (χ2v) is 5.68. The van der Waals surface area contributed by atoms with Crippen molar-refractivity contribution in [1.82, 2.24) is 0 Å². The van der Waals surface area contributed by atoms with Gasteiger partial charge in [-0.05, 0) is 30.7 Å². The monoisotopic (exact) mass is 350 g/mol. The number of fused-ring (bicyclic) bond motifs is 1. The van der Waals surface area contributed by atoms with Gasteiger partial charge in [0.1, 0.15) is 18.1 Å². The average molecular weight is 350 g/mol. The van der Waals surface area contributed by atoms with E-state index in [-0.39, 0.29) is 24.8 Å². The molecule has 3 rings (SSSR count). The molecule has 0 bridgehead atoms. The number of hydrogen-bond acceptors (Lipinski definition) is 5. The maximum absolute atomic E-state index is 12.5. The predicted molar refractivity (Wildman–Crippen MR) is 97.2 cm³/mol. The van der Waals surface area contributed by atoms with E-state index in [4.69, 9.17) is 14.2 Å². The molecule has 1 heterocycles. The van der Waals surface area contributed by atoms with Gasteiger partial charge in [0.25, 0.3) is 0 Å². The first-order valence-electron chi connectivity index (χ1n) is 8.12. The molecule has 2 aromatic rings. The van der Waals surface area contributed by atoms with Crippen LogP contribution in [0.4, 0.5) is 0 Å². The highest BCUT2D eigenvalue weighted by molar-refractivity contribution is 6.14. The van der Waals surface area contributed by atoms with E-state index in [9.17, 15) is 9.59 Å². The number of benzene rings is 2. The smallest absolute Gasteiger partial charge is 0.344 e. The number of rotatable bonds is 6. The topological polar surface area (TPSA) is 61.8 Å². The van der Waals surface area contributed by atoms with Gasteiger partial charge in [-0.2, -0.15) is 0 Å². The largest absolute Gasteiger partial charge is 0.481 e. The highest BCUT2D eigenvalue weighted by atomic mass is 16.6. The molecule has 0 amide bonds. The van der Waals surface area contributed by atoms with Crippen molar-refractivity contribution in [3.8, 4) is 11.5 Å². The van der Waals surface area contributed by atoms with Crippen LogP contribution in [-0.4, -0.2) is 25.0 Å². The number of carbonyl (C=O) groups is 2. The number of esters is 1. The zero-order valence-electron chi connectivity index (χ0n) is 14.4. The first-order chi connectivity index (χ1) is 12.6. The van der Waals surface area contributed by atoms with Gasteiger partial charge in [-0.3, -0.25) is 4.79 Å². The Hall–Kier alpha value is -3.34. The second-order valence-electron chi connectivity index (χ2n) is 5.68. The molecule has 0 aliphatic carbocycles. The summed E-state index contributed by atoms with van der Waals surface area (Å²) >= 11 is 0. The molecule has 0 aromatic heterocycles. The van der Waals surface area contributed by atoms with Gasteiger partial charge in [0.15, 0.2) is 12.4 Å². The zero-order valence-corrected chi connectivity index (χ0v) is 14.4. The number of Topliss-reactive ketones (excluding diaryl/α,β-unsaturated/α-hetero) is 1. The van der Waals surface area contributed by atoms with Crippen molar-refractivity contribution in [2.45, 2.75) is 6.92 Å². The summed E-state index contributed by atoms with van der Waals surface area (Å²) in [4.78, 5) is 24.1. The van der Waals surface area contributed by atoms with Crippen molar-refractivity contribution < 1.29 is 23.8 Å². The Morgan fingerprint density at radius 2 is 1.96 bits per heavy atom. The molecular formula is C21H18O5. The Balaban J connectivity index is 1.78. The third-order valence-electron chi connectivity index (χ3n) is 3.84. The molecule has 0 N–H and O–H groups in total. The number of hydrogen-bond donors (Lipinski definition) is 0. The summed E-state index contributed by atoms with van der Waals surface area (Å²) in [5.74, 6) is 0.509. The lowest BCUT2D eigenvalue weighted by Crippen LogP contribution is -2.15. The molecule has 132 valence electrons. The fraction of sp³-hybridized carbons (Fsp3) is 0.143. The summed E-state index contributed by atoms with van der Waals surface area (Å²) in [6, 6.07) is 12.8. The third kappa shape index (κ3) is 3.67. The molecule has 0 spiro atoms. The first-order valence-corrected chi connectivity index (χ1v) is 8.12. The van der Waals surface area contributed by atoms with Crippen molar-refractivity contribution in [2.24, 2.45) is 0 Å². The summed E-state index contributed by atoms with van der Waals surface area (Å²) in [5.41, 5.74) is 2.01. The number of allylic oxidation sites excluding steroid dienone is 1. The van der Waals surface area contributed by atoms with Crippen LogP contribution in [0.1, 0.15) is 21.5 Å². The van der Waals surface area contributed by atoms with Crippen LogP contribution < -0.4 is 9.47 Å². The van der Waals surface area contributed by atoms with Crippen molar-refractivity contribution >= 4 is 17.8 Å². The fourth-order valence-corrected chi connectivity index (χ4v) is 2.56. The van der Waals surface area contributed by atoms with Crippen molar-refractivity contribution in [2.75, 3.05) is 13.2 Å². The SMILES string of the molecule is C=CCOC(=O)COc1ccc2c(c1C)O/C(=C\c1ccccc1)C2=O. The van der Waals surface area contributed by atoms with Crippen LogP contribution in [0.15, 0.2) is 60.9 Å². The Labute approximate surface area is 151 Å². The number of carbonyl (C=O) groups excluding carboxylic acids is 2. The standard InChI is InChI=1S/C21H18O5/c1-3-11-24-19(22)13-25-17-10-9-16-20(23)18(26-21(16)14(17)2)12-15-7-5-4-6-8-15/h3-10,12H,1,11,13H2,2H3/b18-12-. The Bertz CT molecular complexity index is 881. The molecule has 5 heteroatoms. The van der Waals surface area contributed by atoms with E-state index < -0.39 is 5.97 Å². The lowest BCUT2D eigenvalue weighted by molar-refractivity contribution is -0.144. The zero-order chi connectivity index (χ0) is 18.5. The molecule has 0 fully saturated rings. The van der Waals surface area contributed by atoms with Gasteiger partial charge in [-0.25, -0.2) is 4.79 Å². The third-order valence-corrected chi connectivity index (χ3v) is 3.84. The quantitative estimate of drug-likeness (QED) is 0.451.